The fourth-order valence-corrected chi connectivity index (χ4v) is 5.55. The van der Waals surface area contributed by atoms with E-state index in [0.717, 1.165) is 42.3 Å². The second-order valence-corrected chi connectivity index (χ2v) is 9.57. The lowest BCUT2D eigenvalue weighted by molar-refractivity contribution is -0.133. The average molecular weight is 418 g/mol. The molecule has 2 amide bonds. The Bertz CT molecular complexity index is 721. The third-order valence-electron chi connectivity index (χ3n) is 6.68. The van der Waals surface area contributed by atoms with Crippen LogP contribution in [0.3, 0.4) is 0 Å². The molecule has 5 nitrogen and oxygen atoms in total. The van der Waals surface area contributed by atoms with Gasteiger partial charge >= 0.3 is 0 Å². The molecular formula is C23H35N3O2S. The Kier molecular flexibility index (Phi) is 7.90. The molecule has 1 saturated heterocycles. The van der Waals surface area contributed by atoms with Crippen molar-refractivity contribution in [2.45, 2.75) is 64.5 Å². The van der Waals surface area contributed by atoms with Crippen LogP contribution in [0.2, 0.25) is 0 Å². The number of nitrogens with one attached hydrogen (secondary N) is 1. The van der Waals surface area contributed by atoms with Crippen LogP contribution in [0.1, 0.15) is 55.9 Å². The molecule has 0 spiro atoms. The standard InChI is InChI=1S/C23H35N3O2S/c1-17-6-4-5-7-20(17)25(3)19-10-13-26(14-11-19)23(28)16-24-22(27)9-8-21-18(2)12-15-29-21/h8-9,12,15,17,19-20H,4-7,10-11,13-14,16H2,1-3H3,(H,24,27). The monoisotopic (exact) mass is 417 g/mol. The van der Waals surface area contributed by atoms with Crippen LogP contribution < -0.4 is 5.32 Å². The van der Waals surface area contributed by atoms with Gasteiger partial charge in [-0.2, -0.15) is 0 Å². The van der Waals surface area contributed by atoms with Gasteiger partial charge in [0.2, 0.25) is 11.8 Å². The summed E-state index contributed by atoms with van der Waals surface area (Å²) in [5.74, 6) is 0.577. The van der Waals surface area contributed by atoms with E-state index in [0.29, 0.717) is 12.1 Å². The van der Waals surface area contributed by atoms with Crippen LogP contribution >= 0.6 is 11.3 Å². The molecule has 160 valence electrons. The van der Waals surface area contributed by atoms with Gasteiger partial charge in [-0.3, -0.25) is 9.59 Å². The largest absolute Gasteiger partial charge is 0.343 e. The van der Waals surface area contributed by atoms with Crippen LogP contribution in [0.25, 0.3) is 6.08 Å². The van der Waals surface area contributed by atoms with E-state index in [-0.39, 0.29) is 18.4 Å². The van der Waals surface area contributed by atoms with E-state index < -0.39 is 0 Å². The Morgan fingerprint density at radius 2 is 1.97 bits per heavy atom. The molecule has 2 aliphatic rings. The number of piperidine rings is 1. The van der Waals surface area contributed by atoms with Crippen molar-refractivity contribution in [3.63, 3.8) is 0 Å². The first kappa shape index (κ1) is 22.0. The van der Waals surface area contributed by atoms with E-state index in [4.69, 9.17) is 0 Å². The minimum absolute atomic E-state index is 0.0196. The molecule has 2 fully saturated rings. The minimum atomic E-state index is -0.216. The summed E-state index contributed by atoms with van der Waals surface area (Å²) < 4.78 is 0. The van der Waals surface area contributed by atoms with Crippen LogP contribution in [0.4, 0.5) is 0 Å². The fourth-order valence-electron chi connectivity index (χ4n) is 4.74. The van der Waals surface area contributed by atoms with Crippen molar-refractivity contribution in [2.75, 3.05) is 26.7 Å². The van der Waals surface area contributed by atoms with Gasteiger partial charge in [-0.15, -0.1) is 11.3 Å². The fraction of sp³-hybridized carbons (Fsp3) is 0.652. The second-order valence-electron chi connectivity index (χ2n) is 8.63. The molecule has 29 heavy (non-hydrogen) atoms. The predicted octanol–water partition coefficient (Wildman–Crippen LogP) is 3.69. The Balaban J connectivity index is 1.40. The van der Waals surface area contributed by atoms with Crippen molar-refractivity contribution in [1.29, 1.82) is 0 Å². The third kappa shape index (κ3) is 5.92. The lowest BCUT2D eigenvalue weighted by Crippen LogP contribution is -2.51. The molecule has 2 heterocycles. The number of carbonyl (C=O) groups excluding carboxylic acids is 2. The van der Waals surface area contributed by atoms with Crippen LogP contribution in [0, 0.1) is 12.8 Å². The van der Waals surface area contributed by atoms with Crippen LogP contribution in [-0.4, -0.2) is 60.4 Å². The Morgan fingerprint density at radius 1 is 1.24 bits per heavy atom. The molecular weight excluding hydrogens is 382 g/mol. The van der Waals surface area contributed by atoms with Crippen LogP contribution in [-0.2, 0) is 9.59 Å². The molecule has 6 heteroatoms. The maximum Gasteiger partial charge on any atom is 0.244 e. The van der Waals surface area contributed by atoms with Gasteiger partial charge in [0.25, 0.3) is 0 Å². The molecule has 1 saturated carbocycles. The molecule has 2 unspecified atom stereocenters. The summed E-state index contributed by atoms with van der Waals surface area (Å²) in [6.07, 6.45) is 10.7. The minimum Gasteiger partial charge on any atom is -0.343 e. The lowest BCUT2D eigenvalue weighted by Gasteiger charge is -2.44. The number of likely N-dealkylation sites (tertiary alicyclic amines) is 1. The molecule has 1 aliphatic heterocycles. The number of nitrogens with zero attached hydrogens (tertiary/aromatic N) is 2. The number of rotatable bonds is 6. The maximum atomic E-state index is 12.5. The summed E-state index contributed by atoms with van der Waals surface area (Å²) in [4.78, 5) is 30.1. The van der Waals surface area contributed by atoms with E-state index in [9.17, 15) is 9.59 Å². The first-order valence-corrected chi connectivity index (χ1v) is 11.8. The van der Waals surface area contributed by atoms with E-state index in [2.05, 4.69) is 24.2 Å². The van der Waals surface area contributed by atoms with E-state index in [1.54, 1.807) is 11.3 Å². The molecule has 0 aromatic carbocycles. The van der Waals surface area contributed by atoms with Crippen molar-refractivity contribution >= 4 is 29.2 Å². The predicted molar refractivity (Wildman–Crippen MR) is 120 cm³/mol. The number of thiophene rings is 1. The highest BCUT2D eigenvalue weighted by Gasteiger charge is 2.32. The molecule has 3 rings (SSSR count). The second kappa shape index (κ2) is 10.4. The topological polar surface area (TPSA) is 52.7 Å². The molecule has 0 bridgehead atoms. The van der Waals surface area contributed by atoms with Gasteiger partial charge < -0.3 is 15.1 Å². The van der Waals surface area contributed by atoms with Gasteiger partial charge in [0.05, 0.1) is 6.54 Å². The van der Waals surface area contributed by atoms with Crippen molar-refractivity contribution < 1.29 is 9.59 Å². The smallest absolute Gasteiger partial charge is 0.244 e. The first-order chi connectivity index (χ1) is 14.0. The maximum absolute atomic E-state index is 12.5. The van der Waals surface area contributed by atoms with Crippen LogP contribution in [0.15, 0.2) is 17.5 Å². The number of aryl methyl sites for hydroxylation is 1. The van der Waals surface area contributed by atoms with Crippen molar-refractivity contribution in [3.8, 4) is 0 Å². The highest BCUT2D eigenvalue weighted by atomic mass is 32.1. The molecule has 1 aromatic heterocycles. The molecule has 2 atom stereocenters. The summed E-state index contributed by atoms with van der Waals surface area (Å²) in [6, 6.07) is 3.28. The van der Waals surface area contributed by atoms with Gasteiger partial charge in [-0.25, -0.2) is 0 Å². The highest BCUT2D eigenvalue weighted by Crippen LogP contribution is 2.30. The summed E-state index contributed by atoms with van der Waals surface area (Å²) in [5.41, 5.74) is 1.16. The summed E-state index contributed by atoms with van der Waals surface area (Å²) in [5, 5.41) is 4.74. The Labute approximate surface area is 179 Å². The van der Waals surface area contributed by atoms with E-state index in [1.165, 1.54) is 31.8 Å². The van der Waals surface area contributed by atoms with Gasteiger partial charge in [0.15, 0.2) is 0 Å². The van der Waals surface area contributed by atoms with Gasteiger partial charge in [0, 0.05) is 36.1 Å². The van der Waals surface area contributed by atoms with Crippen molar-refractivity contribution in [3.05, 3.63) is 28.0 Å². The van der Waals surface area contributed by atoms with Gasteiger partial charge in [0.1, 0.15) is 0 Å². The SMILES string of the molecule is Cc1ccsc1C=CC(=O)NCC(=O)N1CCC(N(C)C2CCCCC2C)CC1. The van der Waals surface area contributed by atoms with Crippen LogP contribution in [0.5, 0.6) is 0 Å². The molecule has 1 N–H and O–H groups in total. The number of carbonyl (C=O) groups is 2. The third-order valence-corrected chi connectivity index (χ3v) is 7.67. The zero-order valence-electron chi connectivity index (χ0n) is 18.0. The average Bonchev–Trinajstić information content (AvgIpc) is 3.15. The molecule has 1 aliphatic carbocycles. The van der Waals surface area contributed by atoms with Gasteiger partial charge in [-0.1, -0.05) is 19.8 Å². The molecule has 0 radical (unpaired) electrons. The highest BCUT2D eigenvalue weighted by molar-refractivity contribution is 7.11. The summed E-state index contributed by atoms with van der Waals surface area (Å²) >= 11 is 1.61. The van der Waals surface area contributed by atoms with E-state index >= 15 is 0 Å². The summed E-state index contributed by atoms with van der Waals surface area (Å²) in [7, 11) is 2.27. The summed E-state index contributed by atoms with van der Waals surface area (Å²) in [6.45, 7) is 6.06. The number of amides is 2. The zero-order valence-corrected chi connectivity index (χ0v) is 18.8. The normalized spacial score (nSPS) is 23.7. The molecule has 1 aromatic rings. The Morgan fingerprint density at radius 3 is 2.62 bits per heavy atom. The number of hydrogen-bond acceptors (Lipinski definition) is 4. The Hall–Kier alpha value is -1.66. The van der Waals surface area contributed by atoms with Crippen molar-refractivity contribution in [1.82, 2.24) is 15.1 Å². The van der Waals surface area contributed by atoms with Crippen molar-refractivity contribution in [2.24, 2.45) is 5.92 Å². The number of hydrogen-bond donors (Lipinski definition) is 1. The van der Waals surface area contributed by atoms with E-state index in [1.807, 2.05) is 29.3 Å². The van der Waals surface area contributed by atoms with Gasteiger partial charge in [-0.05, 0) is 68.7 Å². The zero-order chi connectivity index (χ0) is 20.8. The first-order valence-electron chi connectivity index (χ1n) is 11.0. The quantitative estimate of drug-likeness (QED) is 0.718. The lowest BCUT2D eigenvalue weighted by atomic mass is 9.84.